The summed E-state index contributed by atoms with van der Waals surface area (Å²) in [5.41, 5.74) is 6.26. The second-order valence-electron chi connectivity index (χ2n) is 3.87. The van der Waals surface area contributed by atoms with Crippen LogP contribution in [0.3, 0.4) is 0 Å². The van der Waals surface area contributed by atoms with E-state index in [1.807, 2.05) is 0 Å². The molecule has 19 heavy (non-hydrogen) atoms. The average molecular weight is 267 g/mol. The van der Waals surface area contributed by atoms with Crippen LogP contribution < -0.4 is 5.73 Å². The second-order valence-corrected chi connectivity index (χ2v) is 3.87. The van der Waals surface area contributed by atoms with Gasteiger partial charge in [-0.15, -0.1) is 0 Å². The number of carbonyl (C=O) groups excluding carboxylic acids is 1. The van der Waals surface area contributed by atoms with Crippen molar-refractivity contribution in [1.82, 2.24) is 9.78 Å². The van der Waals surface area contributed by atoms with Crippen LogP contribution in [0.25, 0.3) is 0 Å². The topological polar surface area (TPSA) is 70.1 Å². The Balaban J connectivity index is 2.24. The molecule has 0 saturated heterocycles. The fraction of sp³-hybridized carbons (Fsp3) is 0.167. The smallest absolute Gasteiger partial charge is 0.360 e. The molecule has 7 heteroatoms. The van der Waals surface area contributed by atoms with Crippen molar-refractivity contribution in [3.05, 3.63) is 47.3 Å². The predicted molar refractivity (Wildman–Crippen MR) is 63.4 cm³/mol. The molecule has 100 valence electrons. The number of hydrogen-bond donors (Lipinski definition) is 1. The molecule has 0 aliphatic carbocycles. The highest BCUT2D eigenvalue weighted by Gasteiger charge is 2.15. The first-order valence-electron chi connectivity index (χ1n) is 5.36. The van der Waals surface area contributed by atoms with Gasteiger partial charge in [-0.1, -0.05) is 6.07 Å². The van der Waals surface area contributed by atoms with Gasteiger partial charge in [0, 0.05) is 6.20 Å². The summed E-state index contributed by atoms with van der Waals surface area (Å²) in [7, 11) is 1.22. The number of anilines is 1. The number of hydrogen-bond acceptors (Lipinski definition) is 4. The van der Waals surface area contributed by atoms with Crippen molar-refractivity contribution >= 4 is 11.7 Å². The first-order valence-corrected chi connectivity index (χ1v) is 5.36. The van der Waals surface area contributed by atoms with Gasteiger partial charge >= 0.3 is 5.97 Å². The zero-order valence-electron chi connectivity index (χ0n) is 10.1. The number of nitrogens with two attached hydrogens (primary N) is 1. The van der Waals surface area contributed by atoms with Gasteiger partial charge in [0.2, 0.25) is 0 Å². The molecule has 2 N–H and O–H groups in total. The van der Waals surface area contributed by atoms with E-state index in [1.165, 1.54) is 24.1 Å². The first-order chi connectivity index (χ1) is 9.01. The molecule has 2 rings (SSSR count). The number of halogens is 2. The van der Waals surface area contributed by atoms with Crippen LogP contribution in [0.5, 0.6) is 0 Å². The quantitative estimate of drug-likeness (QED) is 0.857. The third kappa shape index (κ3) is 2.70. The lowest BCUT2D eigenvalue weighted by atomic mass is 10.2. The van der Waals surface area contributed by atoms with Crippen LogP contribution >= 0.6 is 0 Å². The minimum Gasteiger partial charge on any atom is -0.464 e. The number of benzene rings is 1. The monoisotopic (exact) mass is 267 g/mol. The van der Waals surface area contributed by atoms with Crippen molar-refractivity contribution in [1.29, 1.82) is 0 Å². The summed E-state index contributed by atoms with van der Waals surface area (Å²) in [5.74, 6) is -2.51. The number of nitrogen functional groups attached to an aromatic ring is 1. The van der Waals surface area contributed by atoms with Crippen LogP contribution in [0.1, 0.15) is 16.1 Å². The lowest BCUT2D eigenvalue weighted by molar-refractivity contribution is 0.0594. The van der Waals surface area contributed by atoms with Crippen LogP contribution in [0.4, 0.5) is 14.5 Å². The summed E-state index contributed by atoms with van der Waals surface area (Å²) in [5, 5.41) is 3.93. The standard InChI is InChI=1S/C12H11F2N3O2/c1-19-12(18)11-10(15)6-17(16-11)5-7-2-3-8(13)9(14)4-7/h2-4,6H,5,15H2,1H3. The lowest BCUT2D eigenvalue weighted by Crippen LogP contribution is -2.07. The van der Waals surface area contributed by atoms with Crippen molar-refractivity contribution in [2.75, 3.05) is 12.8 Å². The Bertz CT molecular complexity index is 625. The molecular formula is C12H11F2N3O2. The summed E-state index contributed by atoms with van der Waals surface area (Å²) < 4.78 is 31.7. The normalized spacial score (nSPS) is 10.5. The molecule has 1 heterocycles. The van der Waals surface area contributed by atoms with Crippen LogP contribution in [-0.2, 0) is 11.3 Å². The number of esters is 1. The summed E-state index contributed by atoms with van der Waals surface area (Å²) in [4.78, 5) is 11.3. The van der Waals surface area contributed by atoms with Crippen LogP contribution in [0.15, 0.2) is 24.4 Å². The van der Waals surface area contributed by atoms with E-state index in [0.717, 1.165) is 12.1 Å². The van der Waals surface area contributed by atoms with E-state index in [9.17, 15) is 13.6 Å². The van der Waals surface area contributed by atoms with Crippen molar-refractivity contribution in [2.24, 2.45) is 0 Å². The van der Waals surface area contributed by atoms with E-state index in [2.05, 4.69) is 9.84 Å². The fourth-order valence-corrected chi connectivity index (χ4v) is 1.60. The summed E-state index contributed by atoms with van der Waals surface area (Å²) in [6, 6.07) is 3.51. The molecule has 0 bridgehead atoms. The molecule has 0 unspecified atom stereocenters. The van der Waals surface area contributed by atoms with Crippen LogP contribution in [0.2, 0.25) is 0 Å². The van der Waals surface area contributed by atoms with E-state index in [-0.39, 0.29) is 17.9 Å². The Morgan fingerprint density at radius 2 is 2.16 bits per heavy atom. The van der Waals surface area contributed by atoms with Gasteiger partial charge in [0.05, 0.1) is 19.3 Å². The van der Waals surface area contributed by atoms with E-state index in [1.54, 1.807) is 0 Å². The minimum atomic E-state index is -0.939. The Hall–Kier alpha value is -2.44. The average Bonchev–Trinajstić information content (AvgIpc) is 2.74. The molecule has 0 fully saturated rings. The number of aromatic nitrogens is 2. The van der Waals surface area contributed by atoms with Crippen LogP contribution in [-0.4, -0.2) is 22.9 Å². The van der Waals surface area contributed by atoms with Crippen LogP contribution in [0, 0.1) is 11.6 Å². The Labute approximate surface area is 107 Å². The van der Waals surface area contributed by atoms with Crippen molar-refractivity contribution in [3.8, 4) is 0 Å². The minimum absolute atomic E-state index is 0.00918. The molecule has 2 aromatic rings. The summed E-state index contributed by atoms with van der Waals surface area (Å²) >= 11 is 0. The molecule has 0 aliphatic heterocycles. The molecule has 0 aliphatic rings. The van der Waals surface area contributed by atoms with E-state index in [4.69, 9.17) is 5.73 Å². The maximum atomic E-state index is 13.0. The molecule has 0 amide bonds. The van der Waals surface area contributed by atoms with Crippen molar-refractivity contribution in [2.45, 2.75) is 6.54 Å². The predicted octanol–water partition coefficient (Wildman–Crippen LogP) is 1.58. The van der Waals surface area contributed by atoms with Gasteiger partial charge in [-0.05, 0) is 17.7 Å². The molecule has 1 aromatic carbocycles. The maximum absolute atomic E-state index is 13.0. The lowest BCUT2D eigenvalue weighted by Gasteiger charge is -2.02. The SMILES string of the molecule is COC(=O)c1nn(Cc2ccc(F)c(F)c2)cc1N. The molecule has 5 nitrogen and oxygen atoms in total. The van der Waals surface area contributed by atoms with Gasteiger partial charge in [-0.25, -0.2) is 13.6 Å². The van der Waals surface area contributed by atoms with E-state index < -0.39 is 17.6 Å². The number of methoxy groups -OCH3 is 1. The van der Waals surface area contributed by atoms with Gasteiger partial charge < -0.3 is 10.5 Å². The highest BCUT2D eigenvalue weighted by Crippen LogP contribution is 2.14. The summed E-state index contributed by atoms with van der Waals surface area (Å²) in [6.45, 7) is 0.165. The molecular weight excluding hydrogens is 256 g/mol. The molecule has 0 radical (unpaired) electrons. The Morgan fingerprint density at radius 1 is 1.42 bits per heavy atom. The summed E-state index contributed by atoms with van der Waals surface area (Å²) in [6.07, 6.45) is 1.42. The van der Waals surface area contributed by atoms with Gasteiger partial charge in [-0.3, -0.25) is 4.68 Å². The number of carbonyl (C=O) groups is 1. The molecule has 1 aromatic heterocycles. The third-order valence-electron chi connectivity index (χ3n) is 2.50. The first kappa shape index (κ1) is 13.0. The fourth-order valence-electron chi connectivity index (χ4n) is 1.60. The van der Waals surface area contributed by atoms with Gasteiger partial charge in [0.15, 0.2) is 17.3 Å². The van der Waals surface area contributed by atoms with Gasteiger partial charge in [0.25, 0.3) is 0 Å². The zero-order chi connectivity index (χ0) is 14.0. The molecule has 0 saturated carbocycles. The largest absolute Gasteiger partial charge is 0.464 e. The number of rotatable bonds is 3. The zero-order valence-corrected chi connectivity index (χ0v) is 10.1. The van der Waals surface area contributed by atoms with Crippen molar-refractivity contribution < 1.29 is 18.3 Å². The highest BCUT2D eigenvalue weighted by atomic mass is 19.2. The molecule has 0 atom stereocenters. The van der Waals surface area contributed by atoms with Gasteiger partial charge in [-0.2, -0.15) is 5.10 Å². The second kappa shape index (κ2) is 5.05. The Kier molecular flexibility index (Phi) is 3.46. The van der Waals surface area contributed by atoms with E-state index in [0.29, 0.717) is 5.56 Å². The number of nitrogens with zero attached hydrogens (tertiary/aromatic N) is 2. The van der Waals surface area contributed by atoms with E-state index >= 15 is 0 Å². The number of ether oxygens (including phenoxy) is 1. The van der Waals surface area contributed by atoms with Crippen molar-refractivity contribution in [3.63, 3.8) is 0 Å². The molecule has 0 spiro atoms. The third-order valence-corrected chi connectivity index (χ3v) is 2.50. The highest BCUT2D eigenvalue weighted by molar-refractivity contribution is 5.92. The Morgan fingerprint density at radius 3 is 2.79 bits per heavy atom. The maximum Gasteiger partial charge on any atom is 0.360 e. The van der Waals surface area contributed by atoms with Gasteiger partial charge in [0.1, 0.15) is 0 Å².